The molecule has 1 N–H and O–H groups in total. The summed E-state index contributed by atoms with van der Waals surface area (Å²) in [6.07, 6.45) is 6.31. The molecular weight excluding hydrogens is 288 g/mol. The molecule has 1 amide bonds. The highest BCUT2D eigenvalue weighted by Crippen LogP contribution is 2.22. The van der Waals surface area contributed by atoms with Crippen LogP contribution in [0.3, 0.4) is 0 Å². The number of aryl methyl sites for hydroxylation is 2. The maximum Gasteiger partial charge on any atom is 0.255 e. The van der Waals surface area contributed by atoms with Crippen LogP contribution in [0.5, 0.6) is 0 Å². The molecule has 0 aliphatic heterocycles. The Morgan fingerprint density at radius 3 is 2.61 bits per heavy atom. The van der Waals surface area contributed by atoms with Gasteiger partial charge in [-0.3, -0.25) is 4.79 Å². The van der Waals surface area contributed by atoms with Gasteiger partial charge in [0, 0.05) is 29.7 Å². The molecule has 1 aliphatic carbocycles. The molecule has 0 atom stereocenters. The molecule has 0 bridgehead atoms. The van der Waals surface area contributed by atoms with Crippen LogP contribution in [-0.4, -0.2) is 46.4 Å². The predicted octanol–water partition coefficient (Wildman–Crippen LogP) is 2.55. The van der Waals surface area contributed by atoms with Crippen molar-refractivity contribution < 1.29 is 4.79 Å². The van der Waals surface area contributed by atoms with E-state index in [4.69, 9.17) is 0 Å². The zero-order chi connectivity index (χ0) is 16.6. The van der Waals surface area contributed by atoms with Gasteiger partial charge in [0.25, 0.3) is 5.91 Å². The third-order valence-electron chi connectivity index (χ3n) is 4.95. The van der Waals surface area contributed by atoms with E-state index in [2.05, 4.69) is 29.3 Å². The average molecular weight is 314 g/mol. The first-order chi connectivity index (χ1) is 11.0. The Labute approximate surface area is 137 Å². The first-order valence-corrected chi connectivity index (χ1v) is 8.38. The number of hydrogen-bond donors (Lipinski definition) is 1. The van der Waals surface area contributed by atoms with Gasteiger partial charge < -0.3 is 14.6 Å². The minimum atomic E-state index is -0.00157. The molecule has 124 valence electrons. The largest absolute Gasteiger partial charge is 0.349 e. The van der Waals surface area contributed by atoms with E-state index in [9.17, 15) is 4.79 Å². The molecule has 5 nitrogen and oxygen atoms in total. The maximum atomic E-state index is 12.7. The van der Waals surface area contributed by atoms with Gasteiger partial charge in [0.2, 0.25) is 0 Å². The Bertz CT molecular complexity index is 711. The van der Waals surface area contributed by atoms with Crippen molar-refractivity contribution >= 4 is 11.6 Å². The van der Waals surface area contributed by atoms with Gasteiger partial charge in [0.15, 0.2) is 0 Å². The lowest BCUT2D eigenvalue weighted by Crippen LogP contribution is -2.41. The molecule has 1 fully saturated rings. The highest BCUT2D eigenvalue weighted by atomic mass is 16.1. The minimum Gasteiger partial charge on any atom is -0.349 e. The van der Waals surface area contributed by atoms with Crippen molar-refractivity contribution in [2.45, 2.75) is 51.6 Å². The van der Waals surface area contributed by atoms with Gasteiger partial charge in [-0.25, -0.2) is 4.98 Å². The zero-order valence-corrected chi connectivity index (χ0v) is 14.5. The smallest absolute Gasteiger partial charge is 0.255 e. The Kier molecular flexibility index (Phi) is 4.39. The molecule has 0 unspecified atom stereocenters. The summed E-state index contributed by atoms with van der Waals surface area (Å²) in [6, 6.07) is 4.82. The number of carbonyl (C=O) groups excluding carboxylic acids is 1. The van der Waals surface area contributed by atoms with Gasteiger partial charge in [-0.05, 0) is 65.8 Å². The second-order valence-corrected chi connectivity index (χ2v) is 6.90. The summed E-state index contributed by atoms with van der Waals surface area (Å²) in [7, 11) is 4.26. The first-order valence-electron chi connectivity index (χ1n) is 8.38. The molecule has 0 spiro atoms. The third-order valence-corrected chi connectivity index (χ3v) is 4.95. The fraction of sp³-hybridized carbons (Fsp3) is 0.556. The van der Waals surface area contributed by atoms with Crippen LogP contribution in [-0.2, 0) is 0 Å². The van der Waals surface area contributed by atoms with Crippen molar-refractivity contribution in [3.63, 3.8) is 0 Å². The molecule has 2 aromatic heterocycles. The van der Waals surface area contributed by atoms with Gasteiger partial charge in [0.05, 0.1) is 5.56 Å². The van der Waals surface area contributed by atoms with Crippen molar-refractivity contribution in [3.8, 4) is 0 Å². The van der Waals surface area contributed by atoms with Crippen molar-refractivity contribution in [2.24, 2.45) is 0 Å². The van der Waals surface area contributed by atoms with Crippen LogP contribution in [0.4, 0.5) is 0 Å². The highest BCUT2D eigenvalue weighted by molar-refractivity contribution is 6.00. The number of nitrogens with one attached hydrogen (secondary N) is 1. The van der Waals surface area contributed by atoms with Crippen LogP contribution in [0.15, 0.2) is 18.3 Å². The van der Waals surface area contributed by atoms with Gasteiger partial charge in [0.1, 0.15) is 5.65 Å². The number of amides is 1. The summed E-state index contributed by atoms with van der Waals surface area (Å²) < 4.78 is 1.98. The predicted molar refractivity (Wildman–Crippen MR) is 91.9 cm³/mol. The van der Waals surface area contributed by atoms with Crippen molar-refractivity contribution in [2.75, 3.05) is 14.1 Å². The van der Waals surface area contributed by atoms with Gasteiger partial charge >= 0.3 is 0 Å². The molecule has 2 aromatic rings. The molecule has 2 heterocycles. The summed E-state index contributed by atoms with van der Waals surface area (Å²) in [5, 5.41) is 3.20. The number of nitrogens with zero attached hydrogens (tertiary/aromatic N) is 3. The Hall–Kier alpha value is -1.88. The van der Waals surface area contributed by atoms with Crippen molar-refractivity contribution in [1.29, 1.82) is 0 Å². The quantitative estimate of drug-likeness (QED) is 0.947. The number of fused-ring (bicyclic) bond motifs is 1. The summed E-state index contributed by atoms with van der Waals surface area (Å²) in [6.45, 7) is 4.00. The maximum absolute atomic E-state index is 12.7. The van der Waals surface area contributed by atoms with Crippen LogP contribution in [0.1, 0.15) is 47.4 Å². The van der Waals surface area contributed by atoms with Crippen LogP contribution in [0.2, 0.25) is 0 Å². The van der Waals surface area contributed by atoms with Crippen molar-refractivity contribution in [3.05, 3.63) is 35.3 Å². The van der Waals surface area contributed by atoms with E-state index < -0.39 is 0 Å². The Balaban J connectivity index is 1.72. The van der Waals surface area contributed by atoms with Crippen LogP contribution in [0, 0.1) is 13.8 Å². The molecule has 3 rings (SSSR count). The summed E-state index contributed by atoms with van der Waals surface area (Å²) in [5.41, 5.74) is 3.46. The van der Waals surface area contributed by atoms with E-state index in [0.717, 1.165) is 42.7 Å². The fourth-order valence-electron chi connectivity index (χ4n) is 3.57. The standard InChI is InChI=1S/C18H26N4O/c1-12-11-13(2)22-10-9-16(17(22)19-12)18(23)20-14-5-7-15(8-6-14)21(3)4/h9-11,14-15H,5-8H2,1-4H3,(H,20,23). The second kappa shape index (κ2) is 6.32. The zero-order valence-electron chi connectivity index (χ0n) is 14.5. The first kappa shape index (κ1) is 16.0. The topological polar surface area (TPSA) is 49.6 Å². The molecule has 1 saturated carbocycles. The van der Waals surface area contributed by atoms with Crippen LogP contribution < -0.4 is 5.32 Å². The van der Waals surface area contributed by atoms with E-state index in [1.807, 2.05) is 36.6 Å². The third kappa shape index (κ3) is 3.24. The molecular formula is C18H26N4O. The number of hydrogen-bond acceptors (Lipinski definition) is 3. The fourth-order valence-corrected chi connectivity index (χ4v) is 3.57. The van der Waals surface area contributed by atoms with Crippen LogP contribution in [0.25, 0.3) is 5.65 Å². The SMILES string of the molecule is Cc1cc(C)n2ccc(C(=O)NC3CCC(N(C)C)CC3)c2n1. The molecule has 5 heteroatoms. The molecule has 0 aromatic carbocycles. The lowest BCUT2D eigenvalue weighted by atomic mass is 9.90. The van der Waals surface area contributed by atoms with Gasteiger partial charge in [-0.2, -0.15) is 0 Å². The second-order valence-electron chi connectivity index (χ2n) is 6.90. The summed E-state index contributed by atoms with van der Waals surface area (Å²) >= 11 is 0. The number of carbonyl (C=O) groups is 1. The normalized spacial score (nSPS) is 21.8. The Morgan fingerprint density at radius 1 is 1.26 bits per heavy atom. The number of aromatic nitrogens is 2. The monoisotopic (exact) mass is 314 g/mol. The molecule has 0 saturated heterocycles. The van der Waals surface area contributed by atoms with Crippen molar-refractivity contribution in [1.82, 2.24) is 19.6 Å². The lowest BCUT2D eigenvalue weighted by Gasteiger charge is -2.32. The van der Waals surface area contributed by atoms with E-state index in [1.54, 1.807) is 0 Å². The van der Waals surface area contributed by atoms with E-state index in [-0.39, 0.29) is 11.9 Å². The molecule has 23 heavy (non-hydrogen) atoms. The highest BCUT2D eigenvalue weighted by Gasteiger charge is 2.24. The Morgan fingerprint density at radius 2 is 1.96 bits per heavy atom. The van der Waals surface area contributed by atoms with Gasteiger partial charge in [-0.15, -0.1) is 0 Å². The van der Waals surface area contributed by atoms with Crippen LogP contribution >= 0.6 is 0 Å². The van der Waals surface area contributed by atoms with E-state index >= 15 is 0 Å². The minimum absolute atomic E-state index is 0.00157. The average Bonchev–Trinajstić information content (AvgIpc) is 2.91. The lowest BCUT2D eigenvalue weighted by molar-refractivity contribution is 0.0918. The summed E-state index contributed by atoms with van der Waals surface area (Å²) in [5.74, 6) is -0.00157. The molecule has 0 radical (unpaired) electrons. The van der Waals surface area contributed by atoms with Gasteiger partial charge in [-0.1, -0.05) is 0 Å². The number of rotatable bonds is 3. The molecule has 1 aliphatic rings. The van der Waals surface area contributed by atoms with E-state index in [1.165, 1.54) is 0 Å². The van der Waals surface area contributed by atoms with E-state index in [0.29, 0.717) is 11.6 Å². The summed E-state index contributed by atoms with van der Waals surface area (Å²) in [4.78, 5) is 19.5.